The highest BCUT2D eigenvalue weighted by Gasteiger charge is 2.08. The maximum atomic E-state index is 13.5. The van der Waals surface area contributed by atoms with Gasteiger partial charge in [0.15, 0.2) is 0 Å². The molecule has 0 saturated heterocycles. The first-order chi connectivity index (χ1) is 7.29. The smallest absolute Gasteiger partial charge is 0.130 e. The van der Waals surface area contributed by atoms with Crippen LogP contribution in [0.25, 0.3) is 0 Å². The van der Waals surface area contributed by atoms with Crippen molar-refractivity contribution < 1.29 is 14.2 Å². The molecule has 0 aromatic heterocycles. The number of aliphatic hydroxyl groups is 1. The van der Waals surface area contributed by atoms with Crippen LogP contribution >= 0.6 is 0 Å². The summed E-state index contributed by atoms with van der Waals surface area (Å²) in [4.78, 5) is 0. The Morgan fingerprint density at radius 2 is 2.20 bits per heavy atom. The van der Waals surface area contributed by atoms with Crippen molar-refractivity contribution in [3.8, 4) is 5.75 Å². The summed E-state index contributed by atoms with van der Waals surface area (Å²) in [6.07, 6.45) is 2.65. The van der Waals surface area contributed by atoms with Gasteiger partial charge in [0.2, 0.25) is 0 Å². The van der Waals surface area contributed by atoms with E-state index >= 15 is 0 Å². The highest BCUT2D eigenvalue weighted by molar-refractivity contribution is 5.34. The monoisotopic (exact) mass is 212 g/mol. The molecule has 0 amide bonds. The molecule has 84 valence electrons. The van der Waals surface area contributed by atoms with E-state index in [1.54, 1.807) is 12.1 Å². The molecule has 0 saturated carbocycles. The lowest BCUT2D eigenvalue weighted by Crippen LogP contribution is -2.05. The van der Waals surface area contributed by atoms with Gasteiger partial charge in [-0.15, -0.1) is 0 Å². The number of halogens is 1. The molecular weight excluding hydrogens is 195 g/mol. The minimum atomic E-state index is -0.223. The van der Waals surface area contributed by atoms with Gasteiger partial charge < -0.3 is 9.84 Å². The number of ether oxygens (including phenoxy) is 1. The van der Waals surface area contributed by atoms with E-state index in [0.29, 0.717) is 17.7 Å². The molecule has 0 fully saturated rings. The quantitative estimate of drug-likeness (QED) is 0.785. The fraction of sp³-hybridized carbons (Fsp3) is 0.500. The summed E-state index contributed by atoms with van der Waals surface area (Å²) in [5.74, 6) is 0.330. The lowest BCUT2D eigenvalue weighted by molar-refractivity contribution is 0.199. The van der Waals surface area contributed by atoms with Gasteiger partial charge in [-0.25, -0.2) is 4.39 Å². The highest BCUT2D eigenvalue weighted by atomic mass is 19.1. The predicted octanol–water partition coefficient (Wildman–Crippen LogP) is 2.54. The molecule has 0 aliphatic heterocycles. The van der Waals surface area contributed by atoms with Crippen LogP contribution < -0.4 is 4.74 Å². The number of hydrogen-bond donors (Lipinski definition) is 1. The Bertz CT molecular complexity index is 300. The minimum Gasteiger partial charge on any atom is -0.491 e. The SMILES string of the molecule is CCCCc1c(F)cccc1OCCO. The second-order valence-electron chi connectivity index (χ2n) is 3.39. The summed E-state index contributed by atoms with van der Waals surface area (Å²) in [5, 5.41) is 8.65. The third-order valence-electron chi connectivity index (χ3n) is 2.21. The minimum absolute atomic E-state index is 0.0519. The second-order valence-corrected chi connectivity index (χ2v) is 3.39. The molecule has 1 aromatic carbocycles. The number of aliphatic hydroxyl groups excluding tert-OH is 1. The molecule has 2 nitrogen and oxygen atoms in total. The van der Waals surface area contributed by atoms with Crippen molar-refractivity contribution in [1.82, 2.24) is 0 Å². The Balaban J connectivity index is 2.77. The van der Waals surface area contributed by atoms with Crippen molar-refractivity contribution in [2.24, 2.45) is 0 Å². The van der Waals surface area contributed by atoms with Gasteiger partial charge >= 0.3 is 0 Å². The van der Waals surface area contributed by atoms with Gasteiger partial charge in [-0.05, 0) is 25.0 Å². The number of rotatable bonds is 6. The molecule has 3 heteroatoms. The molecule has 15 heavy (non-hydrogen) atoms. The first-order valence-electron chi connectivity index (χ1n) is 5.30. The zero-order valence-electron chi connectivity index (χ0n) is 9.00. The Kier molecular flexibility index (Phi) is 5.12. The van der Waals surface area contributed by atoms with Gasteiger partial charge in [0.25, 0.3) is 0 Å². The Morgan fingerprint density at radius 1 is 1.40 bits per heavy atom. The van der Waals surface area contributed by atoms with Crippen LogP contribution in [0.15, 0.2) is 18.2 Å². The molecule has 1 aromatic rings. The van der Waals surface area contributed by atoms with Gasteiger partial charge in [-0.2, -0.15) is 0 Å². The van der Waals surface area contributed by atoms with E-state index in [0.717, 1.165) is 12.8 Å². The van der Waals surface area contributed by atoms with Gasteiger partial charge in [0.1, 0.15) is 18.2 Å². The molecule has 0 atom stereocenters. The number of unbranched alkanes of at least 4 members (excludes halogenated alkanes) is 1. The lowest BCUT2D eigenvalue weighted by atomic mass is 10.1. The standard InChI is InChI=1S/C12H17FO2/c1-2-3-5-10-11(13)6-4-7-12(10)15-9-8-14/h4,6-7,14H,2-3,5,8-9H2,1H3. The van der Waals surface area contributed by atoms with Crippen LogP contribution in [0.4, 0.5) is 4.39 Å². The molecule has 0 spiro atoms. The maximum Gasteiger partial charge on any atom is 0.130 e. The average molecular weight is 212 g/mol. The summed E-state index contributed by atoms with van der Waals surface area (Å²) in [7, 11) is 0. The van der Waals surface area contributed by atoms with Crippen LogP contribution in [0, 0.1) is 5.82 Å². The summed E-state index contributed by atoms with van der Waals surface area (Å²) >= 11 is 0. The Hall–Kier alpha value is -1.09. The molecular formula is C12H17FO2. The zero-order valence-corrected chi connectivity index (χ0v) is 9.00. The van der Waals surface area contributed by atoms with E-state index in [2.05, 4.69) is 6.92 Å². The molecule has 0 unspecified atom stereocenters. The fourth-order valence-electron chi connectivity index (χ4n) is 1.43. The summed E-state index contributed by atoms with van der Waals surface area (Å²) < 4.78 is 18.7. The van der Waals surface area contributed by atoms with Crippen LogP contribution in [-0.4, -0.2) is 18.3 Å². The van der Waals surface area contributed by atoms with Gasteiger partial charge in [0, 0.05) is 5.56 Å². The van der Waals surface area contributed by atoms with Crippen LogP contribution in [0.1, 0.15) is 25.3 Å². The van der Waals surface area contributed by atoms with Gasteiger partial charge in [-0.1, -0.05) is 19.4 Å². The van der Waals surface area contributed by atoms with E-state index in [4.69, 9.17) is 9.84 Å². The lowest BCUT2D eigenvalue weighted by Gasteiger charge is -2.10. The molecule has 0 heterocycles. The number of benzene rings is 1. The molecule has 1 N–H and O–H groups in total. The normalized spacial score (nSPS) is 10.3. The van der Waals surface area contributed by atoms with E-state index < -0.39 is 0 Å². The summed E-state index contributed by atoms with van der Waals surface area (Å²) in [6, 6.07) is 4.80. The van der Waals surface area contributed by atoms with Crippen LogP contribution in [-0.2, 0) is 6.42 Å². The van der Waals surface area contributed by atoms with E-state index in [1.165, 1.54) is 6.07 Å². The average Bonchev–Trinajstić information content (AvgIpc) is 2.25. The third kappa shape index (κ3) is 3.51. The van der Waals surface area contributed by atoms with Crippen LogP contribution in [0.3, 0.4) is 0 Å². The molecule has 0 bridgehead atoms. The van der Waals surface area contributed by atoms with E-state index in [-0.39, 0.29) is 19.0 Å². The molecule has 1 rings (SSSR count). The summed E-state index contributed by atoms with van der Waals surface area (Å²) in [5.41, 5.74) is 0.618. The first kappa shape index (κ1) is 12.0. The number of hydrogen-bond acceptors (Lipinski definition) is 2. The molecule has 0 aliphatic rings. The molecule has 0 radical (unpaired) electrons. The zero-order chi connectivity index (χ0) is 11.1. The third-order valence-corrected chi connectivity index (χ3v) is 2.21. The molecule has 0 aliphatic carbocycles. The largest absolute Gasteiger partial charge is 0.491 e. The summed E-state index contributed by atoms with van der Waals surface area (Å²) in [6.45, 7) is 2.22. The van der Waals surface area contributed by atoms with Crippen molar-refractivity contribution >= 4 is 0 Å². The van der Waals surface area contributed by atoms with Crippen LogP contribution in [0.2, 0.25) is 0 Å². The topological polar surface area (TPSA) is 29.5 Å². The van der Waals surface area contributed by atoms with Crippen molar-refractivity contribution in [2.75, 3.05) is 13.2 Å². The predicted molar refractivity (Wildman–Crippen MR) is 57.6 cm³/mol. The van der Waals surface area contributed by atoms with Gasteiger partial charge in [0.05, 0.1) is 6.61 Å². The Labute approximate surface area is 89.7 Å². The Morgan fingerprint density at radius 3 is 2.87 bits per heavy atom. The van der Waals surface area contributed by atoms with Crippen molar-refractivity contribution in [2.45, 2.75) is 26.2 Å². The fourth-order valence-corrected chi connectivity index (χ4v) is 1.43. The van der Waals surface area contributed by atoms with Crippen molar-refractivity contribution in [3.05, 3.63) is 29.6 Å². The van der Waals surface area contributed by atoms with E-state index in [1.807, 2.05) is 0 Å². The van der Waals surface area contributed by atoms with E-state index in [9.17, 15) is 4.39 Å². The second kappa shape index (κ2) is 6.40. The van der Waals surface area contributed by atoms with Gasteiger partial charge in [-0.3, -0.25) is 0 Å². The van der Waals surface area contributed by atoms with Crippen molar-refractivity contribution in [3.63, 3.8) is 0 Å². The first-order valence-corrected chi connectivity index (χ1v) is 5.30. The maximum absolute atomic E-state index is 13.5. The highest BCUT2D eigenvalue weighted by Crippen LogP contribution is 2.23. The van der Waals surface area contributed by atoms with Crippen LogP contribution in [0.5, 0.6) is 5.75 Å². The van der Waals surface area contributed by atoms with Crippen molar-refractivity contribution in [1.29, 1.82) is 0 Å².